The van der Waals surface area contributed by atoms with Gasteiger partial charge in [0.05, 0.1) is 11.8 Å². The minimum atomic E-state index is 0.0537. The predicted octanol–water partition coefficient (Wildman–Crippen LogP) is 3.38. The standard InChI is InChI=1S/C19H18BrN5O2/c20-15-6-2-1-5-14(15)19(26)25-9-3-4-13(12-25)10-17-23-18(24-27-17)16-11-21-7-8-22-16/h1-2,5-8,11,13H,3-4,9-10,12H2. The summed E-state index contributed by atoms with van der Waals surface area (Å²) < 4.78 is 6.20. The van der Waals surface area contributed by atoms with Crippen LogP contribution in [0, 0.1) is 5.92 Å². The van der Waals surface area contributed by atoms with E-state index in [9.17, 15) is 4.79 Å². The normalized spacial score (nSPS) is 17.1. The molecular weight excluding hydrogens is 410 g/mol. The van der Waals surface area contributed by atoms with Crippen LogP contribution in [0.1, 0.15) is 29.1 Å². The SMILES string of the molecule is O=C(c1ccccc1Br)N1CCCC(Cc2nc(-c3cnccn3)no2)C1. The Labute approximate surface area is 165 Å². The van der Waals surface area contributed by atoms with Crippen LogP contribution in [0.4, 0.5) is 0 Å². The molecule has 1 aliphatic rings. The van der Waals surface area contributed by atoms with E-state index in [4.69, 9.17) is 4.52 Å². The lowest BCUT2D eigenvalue weighted by Crippen LogP contribution is -2.40. The molecule has 1 saturated heterocycles. The molecule has 0 aliphatic carbocycles. The second kappa shape index (κ2) is 7.96. The third kappa shape index (κ3) is 4.05. The minimum Gasteiger partial charge on any atom is -0.339 e. The van der Waals surface area contributed by atoms with Gasteiger partial charge in [0.1, 0.15) is 5.69 Å². The maximum atomic E-state index is 12.8. The van der Waals surface area contributed by atoms with Crippen LogP contribution in [-0.2, 0) is 6.42 Å². The smallest absolute Gasteiger partial charge is 0.255 e. The summed E-state index contributed by atoms with van der Waals surface area (Å²) in [6.45, 7) is 1.45. The number of amides is 1. The summed E-state index contributed by atoms with van der Waals surface area (Å²) in [5.74, 6) is 1.35. The van der Waals surface area contributed by atoms with Crippen molar-refractivity contribution in [3.8, 4) is 11.5 Å². The van der Waals surface area contributed by atoms with Gasteiger partial charge in [0, 0.05) is 36.4 Å². The maximum absolute atomic E-state index is 12.8. The molecule has 8 heteroatoms. The largest absolute Gasteiger partial charge is 0.339 e. The third-order valence-corrected chi connectivity index (χ3v) is 5.33. The second-order valence-corrected chi connectivity index (χ2v) is 7.40. The summed E-state index contributed by atoms with van der Waals surface area (Å²) in [4.78, 5) is 27.4. The number of benzene rings is 1. The maximum Gasteiger partial charge on any atom is 0.255 e. The zero-order valence-electron chi connectivity index (χ0n) is 14.6. The highest BCUT2D eigenvalue weighted by atomic mass is 79.9. The van der Waals surface area contributed by atoms with Gasteiger partial charge in [-0.25, -0.2) is 4.98 Å². The number of halogens is 1. The van der Waals surface area contributed by atoms with Crippen molar-refractivity contribution in [1.82, 2.24) is 25.0 Å². The van der Waals surface area contributed by atoms with Gasteiger partial charge in [0.15, 0.2) is 0 Å². The molecule has 4 rings (SSSR count). The zero-order chi connectivity index (χ0) is 18.6. The first-order valence-corrected chi connectivity index (χ1v) is 9.63. The summed E-state index contributed by atoms with van der Waals surface area (Å²) in [7, 11) is 0. The number of piperidine rings is 1. The molecule has 27 heavy (non-hydrogen) atoms. The molecule has 1 aromatic carbocycles. The van der Waals surface area contributed by atoms with Gasteiger partial charge in [0.25, 0.3) is 5.91 Å². The molecule has 138 valence electrons. The number of hydrogen-bond donors (Lipinski definition) is 0. The lowest BCUT2D eigenvalue weighted by Gasteiger charge is -2.32. The van der Waals surface area contributed by atoms with Crippen LogP contribution < -0.4 is 0 Å². The van der Waals surface area contributed by atoms with Crippen LogP contribution in [0.15, 0.2) is 51.9 Å². The van der Waals surface area contributed by atoms with Crippen LogP contribution in [0.2, 0.25) is 0 Å². The summed E-state index contributed by atoms with van der Waals surface area (Å²) in [6, 6.07) is 7.53. The number of rotatable bonds is 4. The van der Waals surface area contributed by atoms with Crippen molar-refractivity contribution >= 4 is 21.8 Å². The average molecular weight is 428 g/mol. The molecule has 0 saturated carbocycles. The van der Waals surface area contributed by atoms with Crippen molar-refractivity contribution in [3.63, 3.8) is 0 Å². The molecule has 3 aromatic rings. The Morgan fingerprint density at radius 1 is 1.30 bits per heavy atom. The molecule has 0 radical (unpaired) electrons. The van der Waals surface area contributed by atoms with Gasteiger partial charge in [-0.05, 0) is 46.8 Å². The van der Waals surface area contributed by atoms with E-state index < -0.39 is 0 Å². The summed E-state index contributed by atoms with van der Waals surface area (Å²) >= 11 is 3.47. The number of carbonyl (C=O) groups is 1. The van der Waals surface area contributed by atoms with Gasteiger partial charge >= 0.3 is 0 Å². The number of carbonyl (C=O) groups excluding carboxylic acids is 1. The highest BCUT2D eigenvalue weighted by Gasteiger charge is 2.27. The van der Waals surface area contributed by atoms with Gasteiger partial charge in [0.2, 0.25) is 11.7 Å². The lowest BCUT2D eigenvalue weighted by molar-refractivity contribution is 0.0667. The molecule has 0 spiro atoms. The Morgan fingerprint density at radius 3 is 3.00 bits per heavy atom. The van der Waals surface area contributed by atoms with Crippen molar-refractivity contribution in [2.45, 2.75) is 19.3 Å². The fraction of sp³-hybridized carbons (Fsp3) is 0.316. The van der Waals surface area contributed by atoms with E-state index in [1.54, 1.807) is 18.6 Å². The number of hydrogen-bond acceptors (Lipinski definition) is 6. The quantitative estimate of drug-likeness (QED) is 0.634. The number of nitrogens with zero attached hydrogens (tertiary/aromatic N) is 5. The highest BCUT2D eigenvalue weighted by molar-refractivity contribution is 9.10. The van der Waals surface area contributed by atoms with E-state index >= 15 is 0 Å². The van der Waals surface area contributed by atoms with Crippen molar-refractivity contribution in [3.05, 3.63) is 58.8 Å². The summed E-state index contributed by atoms with van der Waals surface area (Å²) in [5, 5.41) is 3.99. The van der Waals surface area contributed by atoms with Gasteiger partial charge < -0.3 is 9.42 Å². The van der Waals surface area contributed by atoms with Crippen LogP contribution in [0.5, 0.6) is 0 Å². The van der Waals surface area contributed by atoms with Crippen LogP contribution >= 0.6 is 15.9 Å². The van der Waals surface area contributed by atoms with Gasteiger partial charge in [-0.1, -0.05) is 17.3 Å². The molecule has 2 aromatic heterocycles. The van der Waals surface area contributed by atoms with Crippen LogP contribution in [0.3, 0.4) is 0 Å². The lowest BCUT2D eigenvalue weighted by atomic mass is 9.94. The third-order valence-electron chi connectivity index (χ3n) is 4.63. The van der Waals surface area contributed by atoms with Crippen molar-refractivity contribution < 1.29 is 9.32 Å². The topological polar surface area (TPSA) is 85.0 Å². The van der Waals surface area contributed by atoms with Gasteiger partial charge in [-0.2, -0.15) is 4.98 Å². The molecule has 1 amide bonds. The monoisotopic (exact) mass is 427 g/mol. The van der Waals surface area contributed by atoms with E-state index in [1.165, 1.54) is 0 Å². The first-order chi connectivity index (χ1) is 13.2. The van der Waals surface area contributed by atoms with Crippen LogP contribution in [-0.4, -0.2) is 44.0 Å². The van der Waals surface area contributed by atoms with E-state index in [0.29, 0.717) is 41.9 Å². The van der Waals surface area contributed by atoms with Crippen molar-refractivity contribution in [1.29, 1.82) is 0 Å². The van der Waals surface area contributed by atoms with Crippen molar-refractivity contribution in [2.24, 2.45) is 5.92 Å². The zero-order valence-corrected chi connectivity index (χ0v) is 16.2. The molecule has 3 heterocycles. The Kier molecular flexibility index (Phi) is 5.24. The number of aromatic nitrogens is 4. The Bertz CT molecular complexity index is 931. The number of likely N-dealkylation sites (tertiary alicyclic amines) is 1. The Morgan fingerprint density at radius 2 is 2.19 bits per heavy atom. The first kappa shape index (κ1) is 17.8. The fourth-order valence-corrected chi connectivity index (χ4v) is 3.78. The minimum absolute atomic E-state index is 0.0537. The summed E-state index contributed by atoms with van der Waals surface area (Å²) in [5.41, 5.74) is 1.28. The molecule has 7 nitrogen and oxygen atoms in total. The Hall–Kier alpha value is -2.61. The second-order valence-electron chi connectivity index (χ2n) is 6.55. The van der Waals surface area contributed by atoms with E-state index in [-0.39, 0.29) is 5.91 Å². The molecule has 1 fully saturated rings. The van der Waals surface area contributed by atoms with E-state index in [2.05, 4.69) is 36.0 Å². The highest BCUT2D eigenvalue weighted by Crippen LogP contribution is 2.25. The first-order valence-electron chi connectivity index (χ1n) is 8.83. The fourth-order valence-electron chi connectivity index (χ4n) is 3.32. The van der Waals surface area contributed by atoms with Gasteiger partial charge in [-0.15, -0.1) is 0 Å². The molecule has 0 N–H and O–H groups in total. The molecule has 0 bridgehead atoms. The van der Waals surface area contributed by atoms with E-state index in [1.807, 2.05) is 29.2 Å². The molecular formula is C19H18BrN5O2. The average Bonchev–Trinajstić information content (AvgIpc) is 3.17. The summed E-state index contributed by atoms with van der Waals surface area (Å²) in [6.07, 6.45) is 7.44. The molecule has 1 aliphatic heterocycles. The molecule has 1 unspecified atom stereocenters. The van der Waals surface area contributed by atoms with Crippen molar-refractivity contribution in [2.75, 3.05) is 13.1 Å². The van der Waals surface area contributed by atoms with E-state index in [0.717, 1.165) is 23.9 Å². The molecule has 1 atom stereocenters. The predicted molar refractivity (Wildman–Crippen MR) is 102 cm³/mol. The van der Waals surface area contributed by atoms with Crippen LogP contribution in [0.25, 0.3) is 11.5 Å². The van der Waals surface area contributed by atoms with Gasteiger partial charge in [-0.3, -0.25) is 9.78 Å². The Balaban J connectivity index is 1.43.